The van der Waals surface area contributed by atoms with Crippen molar-refractivity contribution in [3.63, 3.8) is 0 Å². The van der Waals surface area contributed by atoms with Gasteiger partial charge in [0.25, 0.3) is 5.91 Å². The van der Waals surface area contributed by atoms with Crippen molar-refractivity contribution in [1.82, 2.24) is 4.98 Å². The van der Waals surface area contributed by atoms with Crippen molar-refractivity contribution in [2.45, 2.75) is 34.1 Å². The van der Waals surface area contributed by atoms with Gasteiger partial charge in [-0.05, 0) is 62.1 Å². The van der Waals surface area contributed by atoms with Crippen LogP contribution in [0, 0.1) is 20.8 Å². The number of ether oxygens (including phenoxy) is 1. The maximum Gasteiger partial charge on any atom is 0.264 e. The molecule has 0 radical (unpaired) electrons. The molecule has 3 aromatic rings. The van der Waals surface area contributed by atoms with E-state index in [0.29, 0.717) is 10.9 Å². The van der Waals surface area contributed by atoms with E-state index in [2.05, 4.69) is 49.3 Å². The Morgan fingerprint density at radius 2 is 1.93 bits per heavy atom. The lowest BCUT2D eigenvalue weighted by molar-refractivity contribution is -0.118. The second kappa shape index (κ2) is 8.35. The van der Waals surface area contributed by atoms with E-state index in [4.69, 9.17) is 4.74 Å². The van der Waals surface area contributed by atoms with Crippen molar-refractivity contribution in [1.29, 1.82) is 0 Å². The second-order valence-electron chi connectivity index (χ2n) is 6.56. The number of aryl methyl sites for hydroxylation is 4. The standard InChI is InChI=1S/C22H24N2O2S/c1-5-17-7-6-8-19(12-17)26-13-20(25)23-22-24-21(16(4)27-22)18-10-9-14(2)15(3)11-18/h6-12H,5,13H2,1-4H3,(H,23,24,25). The molecule has 2 aromatic carbocycles. The summed E-state index contributed by atoms with van der Waals surface area (Å²) in [4.78, 5) is 17.9. The molecule has 0 aliphatic carbocycles. The zero-order chi connectivity index (χ0) is 19.4. The maximum atomic E-state index is 12.2. The molecule has 3 rings (SSSR count). The summed E-state index contributed by atoms with van der Waals surface area (Å²) >= 11 is 1.48. The minimum atomic E-state index is -0.211. The van der Waals surface area contributed by atoms with Crippen molar-refractivity contribution in [3.8, 4) is 17.0 Å². The van der Waals surface area contributed by atoms with Crippen LogP contribution >= 0.6 is 11.3 Å². The van der Waals surface area contributed by atoms with Gasteiger partial charge in [-0.2, -0.15) is 0 Å². The van der Waals surface area contributed by atoms with Crippen LogP contribution < -0.4 is 10.1 Å². The number of nitrogens with zero attached hydrogens (tertiary/aromatic N) is 1. The average Bonchev–Trinajstić information content (AvgIpc) is 3.02. The SMILES string of the molecule is CCc1cccc(OCC(=O)Nc2nc(-c3ccc(C)c(C)c3)c(C)s2)c1. The fourth-order valence-electron chi connectivity index (χ4n) is 2.77. The first kappa shape index (κ1) is 19.1. The molecule has 1 N–H and O–H groups in total. The first-order chi connectivity index (χ1) is 13.0. The summed E-state index contributed by atoms with van der Waals surface area (Å²) in [6, 6.07) is 14.1. The van der Waals surface area contributed by atoms with Gasteiger partial charge in [0.2, 0.25) is 0 Å². The third kappa shape index (κ3) is 4.74. The third-order valence-electron chi connectivity index (χ3n) is 4.50. The zero-order valence-corrected chi connectivity index (χ0v) is 16.9. The summed E-state index contributed by atoms with van der Waals surface area (Å²) in [5.41, 5.74) is 5.65. The molecule has 140 valence electrons. The number of amides is 1. The maximum absolute atomic E-state index is 12.2. The molecule has 0 unspecified atom stereocenters. The van der Waals surface area contributed by atoms with Gasteiger partial charge in [0.15, 0.2) is 11.7 Å². The average molecular weight is 381 g/mol. The number of aromatic nitrogens is 1. The first-order valence-corrected chi connectivity index (χ1v) is 9.84. The predicted octanol–water partition coefficient (Wildman–Crippen LogP) is 5.32. The Hall–Kier alpha value is -2.66. The van der Waals surface area contributed by atoms with Crippen LogP contribution in [0.1, 0.15) is 28.5 Å². The Labute approximate surface area is 164 Å². The van der Waals surface area contributed by atoms with Crippen LogP contribution in [0.3, 0.4) is 0 Å². The first-order valence-electron chi connectivity index (χ1n) is 9.03. The number of rotatable bonds is 6. The zero-order valence-electron chi connectivity index (χ0n) is 16.1. The van der Waals surface area contributed by atoms with Gasteiger partial charge in [-0.1, -0.05) is 31.2 Å². The highest BCUT2D eigenvalue weighted by Gasteiger charge is 2.13. The summed E-state index contributed by atoms with van der Waals surface area (Å²) in [7, 11) is 0. The Balaban J connectivity index is 1.65. The lowest BCUT2D eigenvalue weighted by Gasteiger charge is -2.07. The van der Waals surface area contributed by atoms with Crippen LogP contribution in [0.4, 0.5) is 5.13 Å². The fourth-order valence-corrected chi connectivity index (χ4v) is 3.62. The van der Waals surface area contributed by atoms with Crippen molar-refractivity contribution < 1.29 is 9.53 Å². The molecular weight excluding hydrogens is 356 g/mol. The molecule has 4 nitrogen and oxygen atoms in total. The Morgan fingerprint density at radius 1 is 1.11 bits per heavy atom. The molecule has 1 amide bonds. The quantitative estimate of drug-likeness (QED) is 0.630. The topological polar surface area (TPSA) is 51.2 Å². The Morgan fingerprint density at radius 3 is 2.67 bits per heavy atom. The van der Waals surface area contributed by atoms with Crippen molar-refractivity contribution in [2.24, 2.45) is 0 Å². The summed E-state index contributed by atoms with van der Waals surface area (Å²) in [6.45, 7) is 8.25. The molecule has 0 bridgehead atoms. The summed E-state index contributed by atoms with van der Waals surface area (Å²) in [5, 5.41) is 3.44. The molecule has 0 aliphatic rings. The molecule has 0 atom stereocenters. The van der Waals surface area contributed by atoms with Gasteiger partial charge in [-0.25, -0.2) is 4.98 Å². The summed E-state index contributed by atoms with van der Waals surface area (Å²) < 4.78 is 5.60. The van der Waals surface area contributed by atoms with Gasteiger partial charge in [0.05, 0.1) is 5.69 Å². The van der Waals surface area contributed by atoms with Gasteiger partial charge in [0.1, 0.15) is 5.75 Å². The number of benzene rings is 2. The van der Waals surface area contributed by atoms with Gasteiger partial charge in [-0.3, -0.25) is 10.1 Å². The van der Waals surface area contributed by atoms with Crippen LogP contribution in [-0.2, 0) is 11.2 Å². The van der Waals surface area contributed by atoms with E-state index in [-0.39, 0.29) is 12.5 Å². The molecule has 0 saturated carbocycles. The molecule has 0 fully saturated rings. The van der Waals surface area contributed by atoms with Crippen LogP contribution in [0.15, 0.2) is 42.5 Å². The normalized spacial score (nSPS) is 10.7. The molecule has 0 saturated heterocycles. The smallest absolute Gasteiger partial charge is 0.264 e. The van der Waals surface area contributed by atoms with Crippen LogP contribution in [0.2, 0.25) is 0 Å². The minimum absolute atomic E-state index is 0.0369. The largest absolute Gasteiger partial charge is 0.484 e. The molecule has 1 aromatic heterocycles. The van der Waals surface area contributed by atoms with E-state index < -0.39 is 0 Å². The van der Waals surface area contributed by atoms with Crippen LogP contribution in [0.25, 0.3) is 11.3 Å². The Kier molecular flexibility index (Phi) is 5.91. The third-order valence-corrected chi connectivity index (χ3v) is 5.39. The van der Waals surface area contributed by atoms with Crippen LogP contribution in [-0.4, -0.2) is 17.5 Å². The lowest BCUT2D eigenvalue weighted by atomic mass is 10.0. The lowest BCUT2D eigenvalue weighted by Crippen LogP contribution is -2.20. The highest BCUT2D eigenvalue weighted by atomic mass is 32.1. The summed E-state index contributed by atoms with van der Waals surface area (Å²) in [5.74, 6) is 0.493. The second-order valence-corrected chi connectivity index (χ2v) is 7.76. The summed E-state index contributed by atoms with van der Waals surface area (Å²) in [6.07, 6.45) is 0.934. The molecule has 27 heavy (non-hydrogen) atoms. The van der Waals surface area contributed by atoms with Crippen molar-refractivity contribution in [2.75, 3.05) is 11.9 Å². The van der Waals surface area contributed by atoms with E-state index >= 15 is 0 Å². The minimum Gasteiger partial charge on any atom is -0.484 e. The van der Waals surface area contributed by atoms with Gasteiger partial charge >= 0.3 is 0 Å². The number of nitrogens with one attached hydrogen (secondary N) is 1. The van der Waals surface area contributed by atoms with E-state index in [1.165, 1.54) is 28.0 Å². The monoisotopic (exact) mass is 380 g/mol. The van der Waals surface area contributed by atoms with E-state index in [0.717, 1.165) is 22.6 Å². The number of carbonyl (C=O) groups excluding carboxylic acids is 1. The van der Waals surface area contributed by atoms with E-state index in [1.54, 1.807) is 0 Å². The van der Waals surface area contributed by atoms with Gasteiger partial charge in [0, 0.05) is 10.4 Å². The number of hydrogen-bond donors (Lipinski definition) is 1. The van der Waals surface area contributed by atoms with Gasteiger partial charge < -0.3 is 4.74 Å². The number of hydrogen-bond acceptors (Lipinski definition) is 4. The fraction of sp³-hybridized carbons (Fsp3) is 0.273. The number of thiazole rings is 1. The highest BCUT2D eigenvalue weighted by molar-refractivity contribution is 7.16. The number of anilines is 1. The highest BCUT2D eigenvalue weighted by Crippen LogP contribution is 2.31. The number of carbonyl (C=O) groups is 1. The molecule has 5 heteroatoms. The molecule has 0 aliphatic heterocycles. The van der Waals surface area contributed by atoms with Crippen LogP contribution in [0.5, 0.6) is 5.75 Å². The predicted molar refractivity (Wildman–Crippen MR) is 112 cm³/mol. The van der Waals surface area contributed by atoms with E-state index in [1.807, 2.05) is 31.2 Å². The van der Waals surface area contributed by atoms with Crippen molar-refractivity contribution >= 4 is 22.4 Å². The van der Waals surface area contributed by atoms with Gasteiger partial charge in [-0.15, -0.1) is 11.3 Å². The molecule has 1 heterocycles. The molecular formula is C22H24N2O2S. The van der Waals surface area contributed by atoms with Crippen molar-refractivity contribution in [3.05, 3.63) is 64.0 Å². The Bertz CT molecular complexity index is 963. The molecule has 0 spiro atoms. The van der Waals surface area contributed by atoms with E-state index in [9.17, 15) is 4.79 Å².